The molecule has 3 aromatic rings. The van der Waals surface area contributed by atoms with Gasteiger partial charge in [0.15, 0.2) is 17.5 Å². The second-order valence-corrected chi connectivity index (χ2v) is 6.76. The van der Waals surface area contributed by atoms with Crippen LogP contribution in [-0.4, -0.2) is 42.2 Å². The smallest absolute Gasteiger partial charge is 0.191 e. The Bertz CT molecular complexity index is 940. The van der Waals surface area contributed by atoms with Crippen LogP contribution in [0.5, 0.6) is 11.5 Å². The summed E-state index contributed by atoms with van der Waals surface area (Å²) in [7, 11) is 1.64. The second kappa shape index (κ2) is 10.9. The normalized spacial score (nSPS) is 12.3. The van der Waals surface area contributed by atoms with Crippen LogP contribution in [-0.2, 0) is 6.54 Å². The number of hydrogen-bond donors (Lipinski definition) is 3. The van der Waals surface area contributed by atoms with E-state index in [9.17, 15) is 0 Å². The number of methoxy groups -OCH3 is 1. The number of ether oxygens (including phenoxy) is 2. The zero-order chi connectivity index (χ0) is 21.2. The number of nitrogens with zero attached hydrogens (tertiary/aromatic N) is 2. The van der Waals surface area contributed by atoms with Gasteiger partial charge in [0.05, 0.1) is 25.5 Å². The highest BCUT2D eigenvalue weighted by molar-refractivity contribution is 5.79. The van der Waals surface area contributed by atoms with Gasteiger partial charge in [0.25, 0.3) is 0 Å². The number of hydrogen-bond acceptors (Lipinski definition) is 4. The summed E-state index contributed by atoms with van der Waals surface area (Å²) < 4.78 is 11.3. The average molecular weight is 408 g/mol. The third-order valence-electron chi connectivity index (χ3n) is 4.40. The number of rotatable bonds is 9. The molecule has 0 radical (unpaired) electrons. The third-order valence-corrected chi connectivity index (χ3v) is 4.40. The average Bonchev–Trinajstić information content (AvgIpc) is 3.26. The molecule has 2 aromatic carbocycles. The highest BCUT2D eigenvalue weighted by Gasteiger charge is 2.10. The Kier molecular flexibility index (Phi) is 7.71. The molecule has 158 valence electrons. The van der Waals surface area contributed by atoms with Crippen LogP contribution in [0.1, 0.15) is 19.7 Å². The number of aliphatic imine (C=N–C) groups is 1. The Morgan fingerprint density at radius 1 is 1.07 bits per heavy atom. The standard InChI is InChI=1S/C23H29N5O2/c1-4-24-23(26-14-17(2)30-21-13-9-8-12-20(21)29-3)27-16-22-25-15-19(28-22)18-10-6-5-7-11-18/h5-13,15,17H,4,14,16H2,1-3H3,(H,25,28)(H2,24,26,27). The number of para-hydroxylation sites is 2. The fraction of sp³-hybridized carbons (Fsp3) is 0.304. The highest BCUT2D eigenvalue weighted by atomic mass is 16.5. The zero-order valence-corrected chi connectivity index (χ0v) is 17.7. The van der Waals surface area contributed by atoms with Crippen molar-refractivity contribution in [1.82, 2.24) is 20.6 Å². The molecule has 30 heavy (non-hydrogen) atoms. The molecular weight excluding hydrogens is 378 g/mol. The van der Waals surface area contributed by atoms with Crippen molar-refractivity contribution in [3.8, 4) is 22.8 Å². The van der Waals surface area contributed by atoms with Gasteiger partial charge in [-0.25, -0.2) is 9.98 Å². The van der Waals surface area contributed by atoms with Crippen LogP contribution < -0.4 is 20.1 Å². The Labute approximate surface area is 177 Å². The van der Waals surface area contributed by atoms with E-state index in [0.717, 1.165) is 35.1 Å². The molecule has 1 heterocycles. The van der Waals surface area contributed by atoms with Gasteiger partial charge >= 0.3 is 0 Å². The van der Waals surface area contributed by atoms with Crippen molar-refractivity contribution < 1.29 is 9.47 Å². The van der Waals surface area contributed by atoms with Gasteiger partial charge in [0, 0.05) is 6.54 Å². The lowest BCUT2D eigenvalue weighted by Gasteiger charge is -2.19. The molecule has 1 aromatic heterocycles. The third kappa shape index (κ3) is 6.01. The van der Waals surface area contributed by atoms with Crippen molar-refractivity contribution >= 4 is 5.96 Å². The molecule has 0 aliphatic carbocycles. The largest absolute Gasteiger partial charge is 0.493 e. The summed E-state index contributed by atoms with van der Waals surface area (Å²) in [5.74, 6) is 2.97. The van der Waals surface area contributed by atoms with Crippen LogP contribution in [0.3, 0.4) is 0 Å². The van der Waals surface area contributed by atoms with Crippen LogP contribution in [0.15, 0.2) is 65.8 Å². The van der Waals surface area contributed by atoms with Crippen molar-refractivity contribution in [3.05, 3.63) is 66.6 Å². The van der Waals surface area contributed by atoms with E-state index in [4.69, 9.17) is 9.47 Å². The van der Waals surface area contributed by atoms with E-state index in [1.54, 1.807) is 7.11 Å². The van der Waals surface area contributed by atoms with Gasteiger partial charge in [0.1, 0.15) is 18.5 Å². The molecule has 0 aliphatic heterocycles. The van der Waals surface area contributed by atoms with Crippen LogP contribution in [0, 0.1) is 0 Å². The van der Waals surface area contributed by atoms with Crippen LogP contribution in [0.4, 0.5) is 0 Å². The van der Waals surface area contributed by atoms with E-state index in [0.29, 0.717) is 19.0 Å². The molecule has 3 N–H and O–H groups in total. The second-order valence-electron chi connectivity index (χ2n) is 6.76. The Hall–Kier alpha value is -3.48. The molecule has 0 saturated carbocycles. The number of benzene rings is 2. The van der Waals surface area contributed by atoms with E-state index >= 15 is 0 Å². The van der Waals surface area contributed by atoms with Gasteiger partial charge in [-0.3, -0.25) is 0 Å². The minimum atomic E-state index is -0.0709. The summed E-state index contributed by atoms with van der Waals surface area (Å²) in [6.07, 6.45) is 1.77. The number of aromatic amines is 1. The van der Waals surface area contributed by atoms with Crippen LogP contribution >= 0.6 is 0 Å². The predicted molar refractivity (Wildman–Crippen MR) is 120 cm³/mol. The van der Waals surface area contributed by atoms with E-state index in [-0.39, 0.29) is 6.10 Å². The number of aromatic nitrogens is 2. The zero-order valence-electron chi connectivity index (χ0n) is 17.7. The molecule has 3 rings (SSSR count). The van der Waals surface area contributed by atoms with E-state index in [1.807, 2.05) is 62.5 Å². The van der Waals surface area contributed by atoms with Crippen molar-refractivity contribution in [1.29, 1.82) is 0 Å². The first-order valence-electron chi connectivity index (χ1n) is 10.1. The molecule has 7 heteroatoms. The van der Waals surface area contributed by atoms with Gasteiger partial charge < -0.3 is 25.1 Å². The lowest BCUT2D eigenvalue weighted by atomic mass is 10.2. The number of imidazole rings is 1. The van der Waals surface area contributed by atoms with Crippen molar-refractivity contribution in [2.75, 3.05) is 20.2 Å². The predicted octanol–water partition coefficient (Wildman–Crippen LogP) is 3.61. The fourth-order valence-electron chi connectivity index (χ4n) is 2.92. The lowest BCUT2D eigenvalue weighted by Crippen LogP contribution is -2.41. The topological polar surface area (TPSA) is 83.6 Å². The molecular formula is C23H29N5O2. The van der Waals surface area contributed by atoms with Gasteiger partial charge in [-0.2, -0.15) is 0 Å². The highest BCUT2D eigenvalue weighted by Crippen LogP contribution is 2.26. The molecule has 0 amide bonds. The monoisotopic (exact) mass is 407 g/mol. The summed E-state index contributed by atoms with van der Waals surface area (Å²) in [5.41, 5.74) is 2.09. The van der Waals surface area contributed by atoms with Gasteiger partial charge in [-0.05, 0) is 31.5 Å². The van der Waals surface area contributed by atoms with Crippen LogP contribution in [0.2, 0.25) is 0 Å². The summed E-state index contributed by atoms with van der Waals surface area (Å²) in [6, 6.07) is 17.7. The first-order chi connectivity index (χ1) is 14.7. The maximum atomic E-state index is 5.99. The van der Waals surface area contributed by atoms with E-state index in [1.165, 1.54) is 0 Å². The molecule has 0 bridgehead atoms. The van der Waals surface area contributed by atoms with Crippen LogP contribution in [0.25, 0.3) is 11.3 Å². The summed E-state index contributed by atoms with van der Waals surface area (Å²) in [5, 5.41) is 6.57. The molecule has 0 saturated heterocycles. The number of H-pyrrole nitrogens is 1. The van der Waals surface area contributed by atoms with E-state index in [2.05, 4.69) is 37.7 Å². The molecule has 0 fully saturated rings. The SMILES string of the molecule is CCNC(=NCc1ncc(-c2ccccc2)[nH]1)NCC(C)Oc1ccccc1OC. The van der Waals surface area contributed by atoms with E-state index < -0.39 is 0 Å². The lowest BCUT2D eigenvalue weighted by molar-refractivity contribution is 0.213. The minimum absolute atomic E-state index is 0.0709. The first kappa shape index (κ1) is 21.2. The maximum Gasteiger partial charge on any atom is 0.191 e. The number of guanidine groups is 1. The van der Waals surface area contributed by atoms with Gasteiger partial charge in [0.2, 0.25) is 0 Å². The Balaban J connectivity index is 1.56. The molecule has 0 spiro atoms. The van der Waals surface area contributed by atoms with Crippen molar-refractivity contribution in [2.24, 2.45) is 4.99 Å². The molecule has 1 atom stereocenters. The summed E-state index contributed by atoms with van der Waals surface area (Å²) in [4.78, 5) is 12.4. The minimum Gasteiger partial charge on any atom is -0.493 e. The van der Waals surface area contributed by atoms with Crippen molar-refractivity contribution in [3.63, 3.8) is 0 Å². The Morgan fingerprint density at radius 2 is 1.80 bits per heavy atom. The molecule has 0 aliphatic rings. The summed E-state index contributed by atoms with van der Waals surface area (Å²) in [6.45, 7) is 5.84. The first-order valence-corrected chi connectivity index (χ1v) is 10.1. The summed E-state index contributed by atoms with van der Waals surface area (Å²) >= 11 is 0. The Morgan fingerprint density at radius 3 is 2.53 bits per heavy atom. The van der Waals surface area contributed by atoms with Crippen molar-refractivity contribution in [2.45, 2.75) is 26.5 Å². The number of nitrogens with one attached hydrogen (secondary N) is 3. The maximum absolute atomic E-state index is 5.99. The fourth-order valence-corrected chi connectivity index (χ4v) is 2.92. The quantitative estimate of drug-likeness (QED) is 0.373. The molecule has 1 unspecified atom stereocenters. The van der Waals surface area contributed by atoms with Gasteiger partial charge in [-0.15, -0.1) is 0 Å². The molecule has 7 nitrogen and oxygen atoms in total. The van der Waals surface area contributed by atoms with Gasteiger partial charge in [-0.1, -0.05) is 42.5 Å².